The summed E-state index contributed by atoms with van der Waals surface area (Å²) in [6.07, 6.45) is 3.15. The van der Waals surface area contributed by atoms with Crippen LogP contribution in [-0.2, 0) is 19.0 Å². The molecule has 0 saturated carbocycles. The van der Waals surface area contributed by atoms with Crippen LogP contribution in [0.4, 0.5) is 0 Å². The van der Waals surface area contributed by atoms with Gasteiger partial charge < -0.3 is 19.1 Å². The Bertz CT molecular complexity index is 202. The van der Waals surface area contributed by atoms with Gasteiger partial charge in [0.2, 0.25) is 5.91 Å². The molecule has 1 unspecified atom stereocenters. The molecule has 16 heavy (non-hydrogen) atoms. The van der Waals surface area contributed by atoms with Crippen molar-refractivity contribution in [3.8, 4) is 0 Å². The van der Waals surface area contributed by atoms with Crippen LogP contribution >= 0.6 is 0 Å². The van der Waals surface area contributed by atoms with Crippen molar-refractivity contribution in [1.29, 1.82) is 0 Å². The maximum atomic E-state index is 11.1. The van der Waals surface area contributed by atoms with Gasteiger partial charge in [-0.15, -0.1) is 0 Å². The third-order valence-corrected chi connectivity index (χ3v) is 2.39. The van der Waals surface area contributed by atoms with Crippen molar-refractivity contribution in [2.75, 3.05) is 40.5 Å². The minimum Gasteiger partial charge on any atom is -0.369 e. The van der Waals surface area contributed by atoms with E-state index in [2.05, 4.69) is 0 Å². The highest BCUT2D eigenvalue weighted by atomic mass is 16.7. The maximum absolute atomic E-state index is 11.1. The van der Waals surface area contributed by atoms with Crippen LogP contribution in [0.25, 0.3) is 0 Å². The second kappa shape index (κ2) is 7.60. The molecule has 1 aliphatic heterocycles. The average Bonchev–Trinajstić information content (AvgIpc) is 2.29. The van der Waals surface area contributed by atoms with E-state index in [-0.39, 0.29) is 18.8 Å². The Morgan fingerprint density at radius 1 is 1.38 bits per heavy atom. The van der Waals surface area contributed by atoms with Crippen molar-refractivity contribution in [1.82, 2.24) is 4.90 Å². The molecule has 1 saturated heterocycles. The van der Waals surface area contributed by atoms with E-state index in [9.17, 15) is 4.79 Å². The minimum atomic E-state index is -0.0816. The largest absolute Gasteiger partial charge is 0.369 e. The van der Waals surface area contributed by atoms with Crippen molar-refractivity contribution < 1.29 is 19.0 Å². The van der Waals surface area contributed by atoms with Crippen LogP contribution in [0, 0.1) is 0 Å². The third kappa shape index (κ3) is 5.44. The molecule has 5 heteroatoms. The van der Waals surface area contributed by atoms with Crippen LogP contribution in [0.3, 0.4) is 0 Å². The fraction of sp³-hybridized carbons (Fsp3) is 0.909. The zero-order valence-corrected chi connectivity index (χ0v) is 10.1. The van der Waals surface area contributed by atoms with E-state index in [0.29, 0.717) is 13.2 Å². The summed E-state index contributed by atoms with van der Waals surface area (Å²) >= 11 is 0. The van der Waals surface area contributed by atoms with Crippen LogP contribution in [-0.4, -0.2) is 57.6 Å². The third-order valence-electron chi connectivity index (χ3n) is 2.39. The molecule has 94 valence electrons. The number of hydrogen-bond donors (Lipinski definition) is 0. The zero-order chi connectivity index (χ0) is 11.8. The van der Waals surface area contributed by atoms with Crippen LogP contribution in [0.2, 0.25) is 0 Å². The lowest BCUT2D eigenvalue weighted by Crippen LogP contribution is -2.28. The van der Waals surface area contributed by atoms with Gasteiger partial charge in [0.15, 0.2) is 6.29 Å². The molecule has 5 nitrogen and oxygen atoms in total. The molecule has 1 amide bonds. The van der Waals surface area contributed by atoms with Gasteiger partial charge in [-0.25, -0.2) is 0 Å². The maximum Gasteiger partial charge on any atom is 0.248 e. The Morgan fingerprint density at radius 3 is 2.81 bits per heavy atom. The van der Waals surface area contributed by atoms with Gasteiger partial charge in [-0.2, -0.15) is 0 Å². The lowest BCUT2D eigenvalue weighted by atomic mass is 10.2. The molecule has 0 aliphatic carbocycles. The summed E-state index contributed by atoms with van der Waals surface area (Å²) < 4.78 is 16.0. The number of hydrogen-bond acceptors (Lipinski definition) is 4. The Labute approximate surface area is 96.6 Å². The molecule has 0 radical (unpaired) electrons. The van der Waals surface area contributed by atoms with E-state index in [1.54, 1.807) is 14.1 Å². The summed E-state index contributed by atoms with van der Waals surface area (Å²) in [5.41, 5.74) is 0. The molecular weight excluding hydrogens is 210 g/mol. The number of amides is 1. The SMILES string of the molecule is CN(C)C(=O)COCCOC1CCCCO1. The summed E-state index contributed by atoms with van der Waals surface area (Å²) in [7, 11) is 3.41. The van der Waals surface area contributed by atoms with Crippen LogP contribution < -0.4 is 0 Å². The quantitative estimate of drug-likeness (QED) is 0.629. The van der Waals surface area contributed by atoms with E-state index in [1.165, 1.54) is 4.90 Å². The Morgan fingerprint density at radius 2 is 2.19 bits per heavy atom. The molecule has 1 heterocycles. The second-order valence-corrected chi connectivity index (χ2v) is 4.01. The summed E-state index contributed by atoms with van der Waals surface area (Å²) in [4.78, 5) is 12.6. The number of carbonyl (C=O) groups is 1. The molecule has 0 N–H and O–H groups in total. The fourth-order valence-electron chi connectivity index (χ4n) is 1.37. The van der Waals surface area contributed by atoms with Gasteiger partial charge in [0.05, 0.1) is 13.2 Å². The number of ether oxygens (including phenoxy) is 3. The molecule has 1 atom stereocenters. The number of likely N-dealkylation sites (N-methyl/N-ethyl adjacent to an activating group) is 1. The summed E-state index contributed by atoms with van der Waals surface area (Å²) in [5, 5.41) is 0. The molecule has 0 aromatic heterocycles. The van der Waals surface area contributed by atoms with Crippen molar-refractivity contribution >= 4 is 5.91 Å². The highest BCUT2D eigenvalue weighted by molar-refractivity contribution is 5.76. The van der Waals surface area contributed by atoms with Crippen LogP contribution in [0.1, 0.15) is 19.3 Å². The van der Waals surface area contributed by atoms with Crippen molar-refractivity contribution in [3.63, 3.8) is 0 Å². The predicted octanol–water partition coefficient (Wildman–Crippen LogP) is 0.634. The number of rotatable bonds is 6. The summed E-state index contributed by atoms with van der Waals surface area (Å²) in [5.74, 6) is -0.0334. The monoisotopic (exact) mass is 231 g/mol. The van der Waals surface area contributed by atoms with Gasteiger partial charge in [-0.3, -0.25) is 4.79 Å². The molecule has 0 aromatic rings. The van der Waals surface area contributed by atoms with Crippen molar-refractivity contribution in [2.24, 2.45) is 0 Å². The van der Waals surface area contributed by atoms with E-state index in [1.807, 2.05) is 0 Å². The summed E-state index contributed by atoms with van der Waals surface area (Å²) in [6, 6.07) is 0. The van der Waals surface area contributed by atoms with Gasteiger partial charge >= 0.3 is 0 Å². The van der Waals surface area contributed by atoms with Crippen LogP contribution in [0.5, 0.6) is 0 Å². The minimum absolute atomic E-state index is 0.0334. The zero-order valence-electron chi connectivity index (χ0n) is 10.1. The normalized spacial score (nSPS) is 20.8. The van der Waals surface area contributed by atoms with Crippen molar-refractivity contribution in [3.05, 3.63) is 0 Å². The summed E-state index contributed by atoms with van der Waals surface area (Å²) in [6.45, 7) is 1.80. The van der Waals surface area contributed by atoms with Gasteiger partial charge in [-0.05, 0) is 19.3 Å². The van der Waals surface area contributed by atoms with Crippen LogP contribution in [0.15, 0.2) is 0 Å². The lowest BCUT2D eigenvalue weighted by molar-refractivity contribution is -0.169. The topological polar surface area (TPSA) is 48.0 Å². The molecule has 0 spiro atoms. The van der Waals surface area contributed by atoms with Gasteiger partial charge in [0.25, 0.3) is 0 Å². The average molecular weight is 231 g/mol. The highest BCUT2D eigenvalue weighted by Gasteiger charge is 2.13. The van der Waals surface area contributed by atoms with E-state index in [0.717, 1.165) is 25.9 Å². The molecular formula is C11H21NO4. The second-order valence-electron chi connectivity index (χ2n) is 4.01. The van der Waals surface area contributed by atoms with E-state index < -0.39 is 0 Å². The van der Waals surface area contributed by atoms with Gasteiger partial charge in [0.1, 0.15) is 6.61 Å². The Hall–Kier alpha value is -0.650. The lowest BCUT2D eigenvalue weighted by Gasteiger charge is -2.22. The fourth-order valence-corrected chi connectivity index (χ4v) is 1.37. The smallest absolute Gasteiger partial charge is 0.248 e. The van der Waals surface area contributed by atoms with Crippen molar-refractivity contribution in [2.45, 2.75) is 25.6 Å². The Kier molecular flexibility index (Phi) is 6.37. The molecule has 1 rings (SSSR count). The number of nitrogens with zero attached hydrogens (tertiary/aromatic N) is 1. The van der Waals surface area contributed by atoms with E-state index >= 15 is 0 Å². The standard InChI is InChI=1S/C11H21NO4/c1-12(2)10(13)9-14-7-8-16-11-5-3-4-6-15-11/h11H,3-9H2,1-2H3. The predicted molar refractivity (Wildman–Crippen MR) is 59.1 cm³/mol. The first kappa shape index (κ1) is 13.4. The first-order valence-corrected chi connectivity index (χ1v) is 5.71. The van der Waals surface area contributed by atoms with E-state index in [4.69, 9.17) is 14.2 Å². The first-order chi connectivity index (χ1) is 7.70. The Balaban J connectivity index is 1.93. The molecule has 0 bridgehead atoms. The number of carbonyl (C=O) groups excluding carboxylic acids is 1. The van der Waals surface area contributed by atoms with Gasteiger partial charge in [-0.1, -0.05) is 0 Å². The molecule has 1 fully saturated rings. The van der Waals surface area contributed by atoms with Gasteiger partial charge in [0, 0.05) is 20.7 Å². The highest BCUT2D eigenvalue weighted by Crippen LogP contribution is 2.13. The molecule has 1 aliphatic rings. The first-order valence-electron chi connectivity index (χ1n) is 5.71. The molecule has 0 aromatic carbocycles.